The minimum Gasteiger partial charge on any atom is -0.325 e. The molecule has 0 saturated carbocycles. The molecule has 0 bridgehead atoms. The van der Waals surface area contributed by atoms with Crippen molar-refractivity contribution < 1.29 is 13.2 Å². The number of nitrogens with one attached hydrogen (secondary N) is 2. The van der Waals surface area contributed by atoms with Gasteiger partial charge in [-0.15, -0.1) is 0 Å². The first-order valence-corrected chi connectivity index (χ1v) is 7.92. The fourth-order valence-electron chi connectivity index (χ4n) is 1.48. The van der Waals surface area contributed by atoms with Crippen LogP contribution in [-0.4, -0.2) is 26.9 Å². The van der Waals surface area contributed by atoms with Gasteiger partial charge < -0.3 is 10.6 Å². The average Bonchev–Trinajstić information content (AvgIpc) is 2.35. The second kappa shape index (κ2) is 6.83. The van der Waals surface area contributed by atoms with Gasteiger partial charge in [0.2, 0.25) is 15.9 Å². The summed E-state index contributed by atoms with van der Waals surface area (Å²) in [5.41, 5.74) is 0.528. The molecule has 112 valence electrons. The van der Waals surface area contributed by atoms with E-state index in [0.717, 1.165) is 6.54 Å². The third-order valence-electron chi connectivity index (χ3n) is 2.68. The number of rotatable bonds is 6. The average molecular weight is 299 g/mol. The van der Waals surface area contributed by atoms with Gasteiger partial charge in [0.15, 0.2) is 0 Å². The summed E-state index contributed by atoms with van der Waals surface area (Å²) < 4.78 is 22.2. The van der Waals surface area contributed by atoms with E-state index in [1.165, 1.54) is 24.3 Å². The molecule has 20 heavy (non-hydrogen) atoms. The number of carbonyl (C=O) groups excluding carboxylic acids is 1. The Morgan fingerprint density at radius 2 is 1.75 bits per heavy atom. The van der Waals surface area contributed by atoms with Crippen molar-refractivity contribution in [3.05, 3.63) is 24.3 Å². The van der Waals surface area contributed by atoms with Crippen LogP contribution in [0.5, 0.6) is 0 Å². The Morgan fingerprint density at radius 3 is 2.20 bits per heavy atom. The van der Waals surface area contributed by atoms with Crippen LogP contribution in [-0.2, 0) is 14.8 Å². The molecule has 4 N–H and O–H groups in total. The largest absolute Gasteiger partial charge is 0.325 e. The topological polar surface area (TPSA) is 101 Å². The van der Waals surface area contributed by atoms with E-state index in [-0.39, 0.29) is 16.8 Å². The maximum atomic E-state index is 11.9. The minimum absolute atomic E-state index is 0.0153. The maximum absolute atomic E-state index is 11.9. The maximum Gasteiger partial charge on any atom is 0.241 e. The van der Waals surface area contributed by atoms with Gasteiger partial charge in [0.05, 0.1) is 10.9 Å². The van der Waals surface area contributed by atoms with Crippen LogP contribution in [0, 0.1) is 5.92 Å². The van der Waals surface area contributed by atoms with Crippen LogP contribution in [0.25, 0.3) is 0 Å². The molecule has 0 aliphatic carbocycles. The third kappa shape index (κ3) is 5.28. The van der Waals surface area contributed by atoms with Crippen LogP contribution in [0.3, 0.4) is 0 Å². The van der Waals surface area contributed by atoms with Crippen molar-refractivity contribution in [1.82, 2.24) is 5.32 Å². The molecule has 1 aromatic rings. The summed E-state index contributed by atoms with van der Waals surface area (Å²) in [6.07, 6.45) is 0. The van der Waals surface area contributed by atoms with Crippen LogP contribution in [0.15, 0.2) is 29.2 Å². The molecule has 0 aromatic heterocycles. The lowest BCUT2D eigenvalue weighted by Crippen LogP contribution is -2.39. The van der Waals surface area contributed by atoms with Crippen molar-refractivity contribution in [2.24, 2.45) is 11.1 Å². The van der Waals surface area contributed by atoms with E-state index in [1.807, 2.05) is 0 Å². The number of anilines is 1. The summed E-state index contributed by atoms with van der Waals surface area (Å²) in [5, 5.41) is 10.8. The second-order valence-corrected chi connectivity index (χ2v) is 6.64. The Bertz CT molecular complexity index is 553. The van der Waals surface area contributed by atoms with Crippen molar-refractivity contribution >= 4 is 21.6 Å². The first-order chi connectivity index (χ1) is 9.20. The van der Waals surface area contributed by atoms with E-state index in [0.29, 0.717) is 11.6 Å². The number of primary sulfonamides is 1. The van der Waals surface area contributed by atoms with Gasteiger partial charge in [0.25, 0.3) is 0 Å². The van der Waals surface area contributed by atoms with Gasteiger partial charge >= 0.3 is 0 Å². The highest BCUT2D eigenvalue weighted by Crippen LogP contribution is 2.12. The lowest BCUT2D eigenvalue weighted by Gasteiger charge is -2.15. The summed E-state index contributed by atoms with van der Waals surface area (Å²) in [6, 6.07) is 5.41. The predicted octanol–water partition coefficient (Wildman–Crippen LogP) is 0.907. The molecule has 0 spiro atoms. The van der Waals surface area contributed by atoms with E-state index < -0.39 is 10.0 Å². The van der Waals surface area contributed by atoms with E-state index in [4.69, 9.17) is 5.14 Å². The number of carbonyl (C=O) groups is 1. The quantitative estimate of drug-likeness (QED) is 0.726. The zero-order valence-electron chi connectivity index (χ0n) is 11.9. The SMILES string of the molecule is CC(C)CN[C@H](C)C(=O)Nc1ccc(S(N)(=O)=O)cc1. The van der Waals surface area contributed by atoms with Gasteiger partial charge in [-0.05, 0) is 43.7 Å². The highest BCUT2D eigenvalue weighted by molar-refractivity contribution is 7.89. The van der Waals surface area contributed by atoms with Crippen LogP contribution in [0.2, 0.25) is 0 Å². The highest BCUT2D eigenvalue weighted by atomic mass is 32.2. The molecule has 1 atom stereocenters. The first-order valence-electron chi connectivity index (χ1n) is 6.37. The molecule has 0 aliphatic rings. The molecule has 0 saturated heterocycles. The molecule has 0 unspecified atom stereocenters. The Hall–Kier alpha value is -1.44. The zero-order chi connectivity index (χ0) is 15.3. The van der Waals surface area contributed by atoms with Crippen molar-refractivity contribution in [2.75, 3.05) is 11.9 Å². The van der Waals surface area contributed by atoms with Gasteiger partial charge in [-0.1, -0.05) is 13.8 Å². The molecule has 1 rings (SSSR count). The van der Waals surface area contributed by atoms with Crippen molar-refractivity contribution in [3.63, 3.8) is 0 Å². The van der Waals surface area contributed by atoms with Gasteiger partial charge in [0.1, 0.15) is 0 Å². The Balaban J connectivity index is 2.62. The number of hydrogen-bond acceptors (Lipinski definition) is 4. The summed E-state index contributed by atoms with van der Waals surface area (Å²) in [5.74, 6) is 0.285. The number of hydrogen-bond donors (Lipinski definition) is 3. The van der Waals surface area contributed by atoms with Crippen molar-refractivity contribution in [3.8, 4) is 0 Å². The lowest BCUT2D eigenvalue weighted by atomic mass is 10.2. The molecule has 0 heterocycles. The number of sulfonamides is 1. The number of amides is 1. The van der Waals surface area contributed by atoms with Crippen LogP contribution in [0.4, 0.5) is 5.69 Å². The summed E-state index contributed by atoms with van der Waals surface area (Å²) >= 11 is 0. The van der Waals surface area contributed by atoms with Crippen LogP contribution >= 0.6 is 0 Å². The summed E-state index contributed by atoms with van der Waals surface area (Å²) in [7, 11) is -3.71. The molecule has 1 amide bonds. The molecule has 1 aromatic carbocycles. The molecule has 0 radical (unpaired) electrons. The minimum atomic E-state index is -3.71. The van der Waals surface area contributed by atoms with Crippen molar-refractivity contribution in [1.29, 1.82) is 0 Å². The standard InChI is InChI=1S/C13H21N3O3S/c1-9(2)8-15-10(3)13(17)16-11-4-6-12(7-5-11)20(14,18)19/h4-7,9-10,15H,8H2,1-3H3,(H,16,17)(H2,14,18,19)/t10-/m1/s1. The van der Waals surface area contributed by atoms with Gasteiger partial charge in [-0.3, -0.25) is 4.79 Å². The molecule has 0 aliphatic heterocycles. The number of benzene rings is 1. The van der Waals surface area contributed by atoms with Gasteiger partial charge in [0, 0.05) is 5.69 Å². The van der Waals surface area contributed by atoms with Crippen LogP contribution in [0.1, 0.15) is 20.8 Å². The summed E-state index contributed by atoms with van der Waals surface area (Å²) in [4.78, 5) is 11.9. The third-order valence-corrected chi connectivity index (χ3v) is 3.61. The Labute approximate surface area is 119 Å². The van der Waals surface area contributed by atoms with E-state index in [9.17, 15) is 13.2 Å². The zero-order valence-corrected chi connectivity index (χ0v) is 12.7. The van der Waals surface area contributed by atoms with Crippen molar-refractivity contribution in [2.45, 2.75) is 31.7 Å². The predicted molar refractivity (Wildman–Crippen MR) is 78.7 cm³/mol. The van der Waals surface area contributed by atoms with E-state index in [2.05, 4.69) is 24.5 Å². The fraction of sp³-hybridized carbons (Fsp3) is 0.462. The normalized spacial score (nSPS) is 13.2. The Kier molecular flexibility index (Phi) is 5.67. The molecular formula is C13H21N3O3S. The summed E-state index contributed by atoms with van der Waals surface area (Å²) in [6.45, 7) is 6.64. The second-order valence-electron chi connectivity index (χ2n) is 5.08. The van der Waals surface area contributed by atoms with Gasteiger partial charge in [-0.2, -0.15) is 0 Å². The molecule has 0 fully saturated rings. The van der Waals surface area contributed by atoms with Gasteiger partial charge in [-0.25, -0.2) is 13.6 Å². The van der Waals surface area contributed by atoms with E-state index in [1.54, 1.807) is 6.92 Å². The molecule has 7 heteroatoms. The smallest absolute Gasteiger partial charge is 0.241 e. The van der Waals surface area contributed by atoms with Crippen LogP contribution < -0.4 is 15.8 Å². The fourth-order valence-corrected chi connectivity index (χ4v) is 2.00. The van der Waals surface area contributed by atoms with E-state index >= 15 is 0 Å². The molecular weight excluding hydrogens is 278 g/mol. The highest BCUT2D eigenvalue weighted by Gasteiger charge is 2.13. The lowest BCUT2D eigenvalue weighted by molar-refractivity contribution is -0.117. The molecule has 6 nitrogen and oxygen atoms in total. The number of nitrogens with two attached hydrogens (primary N) is 1. The first kappa shape index (κ1) is 16.6. The monoisotopic (exact) mass is 299 g/mol. The Morgan fingerprint density at radius 1 is 1.20 bits per heavy atom.